The molecule has 1 saturated carbocycles. The van der Waals surface area contributed by atoms with Gasteiger partial charge in [0.1, 0.15) is 5.82 Å². The number of aliphatic imine (C=N–C) groups is 1. The van der Waals surface area contributed by atoms with Gasteiger partial charge in [0, 0.05) is 73.8 Å². The van der Waals surface area contributed by atoms with Crippen molar-refractivity contribution in [2.24, 2.45) is 4.99 Å². The maximum atomic E-state index is 12.2. The summed E-state index contributed by atoms with van der Waals surface area (Å²) in [5.41, 5.74) is 1.14. The third kappa shape index (κ3) is 7.33. The quantitative estimate of drug-likeness (QED) is 0.323. The van der Waals surface area contributed by atoms with Crippen molar-refractivity contribution in [1.82, 2.24) is 20.5 Å². The lowest BCUT2D eigenvalue weighted by atomic mass is 9.95. The summed E-state index contributed by atoms with van der Waals surface area (Å²) in [5, 5.41) is 7.24. The second-order valence-electron chi connectivity index (χ2n) is 8.04. The molecule has 3 atom stereocenters. The van der Waals surface area contributed by atoms with Crippen molar-refractivity contribution in [2.75, 3.05) is 50.9 Å². The van der Waals surface area contributed by atoms with Crippen LogP contribution in [-0.2, 0) is 17.3 Å². The number of piperazine rings is 1. The molecule has 2 aliphatic rings. The number of likely N-dealkylation sites (N-methyl/N-ethyl adjacent to an activating group) is 1. The number of guanidine groups is 1. The first-order chi connectivity index (χ1) is 14.1. The Morgan fingerprint density at radius 2 is 2.03 bits per heavy atom. The van der Waals surface area contributed by atoms with Crippen LogP contribution in [0.15, 0.2) is 23.3 Å². The van der Waals surface area contributed by atoms with Crippen LogP contribution in [0.2, 0.25) is 0 Å². The van der Waals surface area contributed by atoms with Gasteiger partial charge in [-0.05, 0) is 37.9 Å². The van der Waals surface area contributed by atoms with Crippen LogP contribution in [-0.4, -0.2) is 77.4 Å². The molecule has 0 aromatic carbocycles. The Kier molecular flexibility index (Phi) is 10.8. The molecule has 1 aromatic heterocycles. The van der Waals surface area contributed by atoms with Crippen molar-refractivity contribution in [3.8, 4) is 0 Å². The van der Waals surface area contributed by atoms with E-state index in [1.807, 2.05) is 13.1 Å². The molecule has 9 heteroatoms. The monoisotopic (exact) mass is 548 g/mol. The fraction of sp³-hybridized carbons (Fsp3) is 0.714. The SMILES string of the molecule is CCS(=O)C1CCCC(NC(=NC)NCc2ccc(N3CCN(C)CC3)nc2)C1.I. The molecule has 1 aliphatic carbocycles. The highest BCUT2D eigenvalue weighted by Gasteiger charge is 2.26. The Bertz CT molecular complexity index is 693. The second kappa shape index (κ2) is 12.8. The minimum Gasteiger partial charge on any atom is -0.354 e. The lowest BCUT2D eigenvalue weighted by molar-refractivity contribution is 0.312. The first-order valence-electron chi connectivity index (χ1n) is 10.8. The van der Waals surface area contributed by atoms with Gasteiger partial charge in [-0.3, -0.25) is 9.20 Å². The Morgan fingerprint density at radius 3 is 2.67 bits per heavy atom. The molecule has 0 radical (unpaired) electrons. The number of nitrogens with zero attached hydrogens (tertiary/aromatic N) is 4. The van der Waals surface area contributed by atoms with Gasteiger partial charge in [-0.2, -0.15) is 0 Å². The van der Waals surface area contributed by atoms with E-state index in [2.05, 4.69) is 49.6 Å². The maximum Gasteiger partial charge on any atom is 0.191 e. The molecule has 3 unspecified atom stereocenters. The van der Waals surface area contributed by atoms with E-state index in [9.17, 15) is 4.21 Å². The van der Waals surface area contributed by atoms with E-state index in [-0.39, 0.29) is 24.0 Å². The lowest BCUT2D eigenvalue weighted by Gasteiger charge is -2.33. The summed E-state index contributed by atoms with van der Waals surface area (Å²) in [6.45, 7) is 6.93. The van der Waals surface area contributed by atoms with Gasteiger partial charge in [0.25, 0.3) is 0 Å². The molecule has 2 heterocycles. The average Bonchev–Trinajstić information content (AvgIpc) is 2.77. The minimum absolute atomic E-state index is 0. The van der Waals surface area contributed by atoms with Gasteiger partial charge < -0.3 is 20.4 Å². The van der Waals surface area contributed by atoms with Crippen molar-refractivity contribution in [3.05, 3.63) is 23.9 Å². The Balaban J connectivity index is 0.00000320. The van der Waals surface area contributed by atoms with Gasteiger partial charge in [0.15, 0.2) is 5.96 Å². The second-order valence-corrected chi connectivity index (χ2v) is 10.0. The molecule has 2 fully saturated rings. The number of pyridine rings is 1. The number of rotatable bonds is 6. The van der Waals surface area contributed by atoms with E-state index in [1.165, 1.54) is 0 Å². The summed E-state index contributed by atoms with van der Waals surface area (Å²) in [6, 6.07) is 4.60. The fourth-order valence-corrected chi connectivity index (χ4v) is 5.42. The smallest absolute Gasteiger partial charge is 0.191 e. The van der Waals surface area contributed by atoms with Crippen molar-refractivity contribution >= 4 is 46.6 Å². The van der Waals surface area contributed by atoms with Crippen LogP contribution in [0.5, 0.6) is 0 Å². The summed E-state index contributed by atoms with van der Waals surface area (Å²) < 4.78 is 12.2. The Labute approximate surface area is 201 Å². The molecule has 0 amide bonds. The fourth-order valence-electron chi connectivity index (χ4n) is 4.07. The van der Waals surface area contributed by atoms with Gasteiger partial charge in [-0.1, -0.05) is 19.4 Å². The van der Waals surface area contributed by atoms with E-state index in [0.29, 0.717) is 17.8 Å². The van der Waals surface area contributed by atoms with Crippen LogP contribution in [0.1, 0.15) is 38.2 Å². The highest BCUT2D eigenvalue weighted by molar-refractivity contribution is 14.0. The summed E-state index contributed by atoms with van der Waals surface area (Å²) in [5.74, 6) is 2.61. The van der Waals surface area contributed by atoms with Crippen LogP contribution in [0.25, 0.3) is 0 Å². The molecule has 1 aliphatic heterocycles. The Hall–Kier alpha value is -0.940. The highest BCUT2D eigenvalue weighted by atomic mass is 127. The van der Waals surface area contributed by atoms with E-state index >= 15 is 0 Å². The van der Waals surface area contributed by atoms with Gasteiger partial charge in [0.2, 0.25) is 0 Å². The van der Waals surface area contributed by atoms with Crippen molar-refractivity contribution in [1.29, 1.82) is 0 Å². The molecule has 3 rings (SSSR count). The van der Waals surface area contributed by atoms with Crippen LogP contribution in [0.3, 0.4) is 0 Å². The van der Waals surface area contributed by atoms with Crippen LogP contribution < -0.4 is 15.5 Å². The Morgan fingerprint density at radius 1 is 1.27 bits per heavy atom. The predicted octanol–water partition coefficient (Wildman–Crippen LogP) is 2.20. The summed E-state index contributed by atoms with van der Waals surface area (Å²) in [7, 11) is 3.26. The van der Waals surface area contributed by atoms with Crippen molar-refractivity contribution in [2.45, 2.75) is 50.4 Å². The molecule has 0 bridgehead atoms. The molecular formula is C21H37IN6OS. The number of nitrogens with one attached hydrogen (secondary N) is 2. The topological polar surface area (TPSA) is 72.9 Å². The molecule has 7 nitrogen and oxygen atoms in total. The van der Waals surface area contributed by atoms with Crippen LogP contribution in [0.4, 0.5) is 5.82 Å². The predicted molar refractivity (Wildman–Crippen MR) is 137 cm³/mol. The van der Waals surface area contributed by atoms with Gasteiger partial charge >= 0.3 is 0 Å². The molecule has 30 heavy (non-hydrogen) atoms. The van der Waals surface area contributed by atoms with Crippen molar-refractivity contribution in [3.63, 3.8) is 0 Å². The number of hydrogen-bond donors (Lipinski definition) is 2. The van der Waals surface area contributed by atoms with E-state index in [4.69, 9.17) is 0 Å². The van der Waals surface area contributed by atoms with Crippen molar-refractivity contribution < 1.29 is 4.21 Å². The standard InChI is InChI=1S/C21H36N6OS.HI/c1-4-29(28)19-7-5-6-18(14-19)25-21(22-2)24-16-17-8-9-20(23-15-17)27-12-10-26(3)11-13-27;/h8-9,15,18-19H,4-7,10-14,16H2,1-3H3,(H2,22,24,25);1H. The third-order valence-electron chi connectivity index (χ3n) is 5.94. The zero-order valence-corrected chi connectivity index (χ0v) is 21.6. The zero-order chi connectivity index (χ0) is 20.6. The van der Waals surface area contributed by atoms with Gasteiger partial charge in [-0.25, -0.2) is 4.98 Å². The molecule has 1 saturated heterocycles. The minimum atomic E-state index is -0.706. The first kappa shape index (κ1) is 25.3. The lowest BCUT2D eigenvalue weighted by Crippen LogP contribution is -2.46. The number of aromatic nitrogens is 1. The summed E-state index contributed by atoms with van der Waals surface area (Å²) in [6.07, 6.45) is 6.23. The normalized spacial score (nSPS) is 24.1. The summed E-state index contributed by atoms with van der Waals surface area (Å²) in [4.78, 5) is 13.7. The molecule has 0 spiro atoms. The zero-order valence-electron chi connectivity index (χ0n) is 18.5. The molecule has 170 valence electrons. The van der Waals surface area contributed by atoms with E-state index < -0.39 is 10.8 Å². The number of anilines is 1. The maximum absolute atomic E-state index is 12.2. The third-order valence-corrected chi connectivity index (χ3v) is 7.68. The number of hydrogen-bond acceptors (Lipinski definition) is 5. The largest absolute Gasteiger partial charge is 0.354 e. The number of halogens is 1. The molecular weight excluding hydrogens is 511 g/mol. The molecule has 2 N–H and O–H groups in total. The summed E-state index contributed by atoms with van der Waals surface area (Å²) >= 11 is 0. The average molecular weight is 549 g/mol. The van der Waals surface area contributed by atoms with Gasteiger partial charge in [0.05, 0.1) is 0 Å². The first-order valence-corrected chi connectivity index (χ1v) is 12.2. The highest BCUT2D eigenvalue weighted by Crippen LogP contribution is 2.23. The van der Waals surface area contributed by atoms with Crippen LogP contribution in [0, 0.1) is 0 Å². The van der Waals surface area contributed by atoms with Gasteiger partial charge in [-0.15, -0.1) is 24.0 Å². The molecule has 1 aromatic rings. The van der Waals surface area contributed by atoms with E-state index in [0.717, 1.165) is 75.0 Å². The van der Waals surface area contributed by atoms with E-state index in [1.54, 1.807) is 7.05 Å². The van der Waals surface area contributed by atoms with Crippen LogP contribution >= 0.6 is 24.0 Å².